The molecule has 1 N–H and O–H groups in total. The van der Waals surface area contributed by atoms with Crippen molar-refractivity contribution in [1.29, 1.82) is 5.26 Å². The summed E-state index contributed by atoms with van der Waals surface area (Å²) in [6, 6.07) is 5.68. The minimum Gasteiger partial charge on any atom is -0.481 e. The molecule has 1 unspecified atom stereocenters. The van der Waals surface area contributed by atoms with Crippen molar-refractivity contribution in [3.05, 3.63) is 29.3 Å². The number of carbonyl (C=O) groups is 1. The summed E-state index contributed by atoms with van der Waals surface area (Å²) in [5.74, 6) is -1.06. The molecule has 0 aromatic heterocycles. The molecule has 7 heteroatoms. The monoisotopic (exact) mass is 310 g/mol. The lowest BCUT2D eigenvalue weighted by atomic mass is 10.2. The highest BCUT2D eigenvalue weighted by atomic mass is 32.2. The van der Waals surface area contributed by atoms with E-state index in [1.807, 2.05) is 6.07 Å². The molecule has 0 radical (unpaired) electrons. The first-order chi connectivity index (χ1) is 9.73. The van der Waals surface area contributed by atoms with E-state index in [2.05, 4.69) is 0 Å². The SMILES string of the molecule is CCN(C(C)CC(=O)O)S(=O)(=O)c1cc(C#N)ccc1C. The van der Waals surface area contributed by atoms with Gasteiger partial charge in [0.05, 0.1) is 22.9 Å². The van der Waals surface area contributed by atoms with Crippen molar-refractivity contribution in [2.45, 2.75) is 38.1 Å². The predicted octanol–water partition coefficient (Wildman–Crippen LogP) is 1.74. The first kappa shape index (κ1) is 17.1. The van der Waals surface area contributed by atoms with Gasteiger partial charge in [-0.05, 0) is 31.5 Å². The minimum atomic E-state index is -3.84. The molecule has 0 aliphatic carbocycles. The number of aryl methyl sites for hydroxylation is 1. The Labute approximate surface area is 124 Å². The van der Waals surface area contributed by atoms with Crippen LogP contribution in [0.25, 0.3) is 0 Å². The predicted molar refractivity (Wildman–Crippen MR) is 77.2 cm³/mol. The van der Waals surface area contributed by atoms with Gasteiger partial charge in [-0.15, -0.1) is 0 Å². The van der Waals surface area contributed by atoms with Gasteiger partial charge in [-0.25, -0.2) is 8.42 Å². The summed E-state index contributed by atoms with van der Waals surface area (Å²) in [6.45, 7) is 5.01. The molecular formula is C14H18N2O4S. The molecule has 1 atom stereocenters. The number of hydrogen-bond donors (Lipinski definition) is 1. The number of hydrogen-bond acceptors (Lipinski definition) is 4. The van der Waals surface area contributed by atoms with Crippen molar-refractivity contribution in [3.8, 4) is 6.07 Å². The molecule has 0 spiro atoms. The van der Waals surface area contributed by atoms with Gasteiger partial charge in [0, 0.05) is 12.6 Å². The molecule has 0 aliphatic rings. The van der Waals surface area contributed by atoms with Gasteiger partial charge in [0.1, 0.15) is 0 Å². The molecule has 0 aliphatic heterocycles. The first-order valence-electron chi connectivity index (χ1n) is 6.48. The van der Waals surface area contributed by atoms with E-state index in [1.165, 1.54) is 6.07 Å². The molecule has 0 amide bonds. The van der Waals surface area contributed by atoms with Gasteiger partial charge in [0.25, 0.3) is 0 Å². The lowest BCUT2D eigenvalue weighted by Crippen LogP contribution is -2.39. The van der Waals surface area contributed by atoms with Crippen LogP contribution < -0.4 is 0 Å². The van der Waals surface area contributed by atoms with Crippen molar-refractivity contribution >= 4 is 16.0 Å². The maximum atomic E-state index is 12.7. The Balaban J connectivity index is 3.31. The van der Waals surface area contributed by atoms with E-state index in [4.69, 9.17) is 10.4 Å². The zero-order valence-corrected chi connectivity index (χ0v) is 13.0. The third kappa shape index (κ3) is 3.80. The number of aliphatic carboxylic acids is 1. The van der Waals surface area contributed by atoms with E-state index in [-0.39, 0.29) is 23.4 Å². The summed E-state index contributed by atoms with van der Waals surface area (Å²) in [6.07, 6.45) is -0.274. The molecule has 0 fully saturated rings. The van der Waals surface area contributed by atoms with Gasteiger partial charge in [-0.2, -0.15) is 9.57 Å². The third-order valence-electron chi connectivity index (χ3n) is 3.18. The third-order valence-corrected chi connectivity index (χ3v) is 5.41. The zero-order chi connectivity index (χ0) is 16.2. The number of benzene rings is 1. The molecule has 1 aromatic rings. The van der Waals surface area contributed by atoms with E-state index < -0.39 is 22.0 Å². The average Bonchev–Trinajstić information content (AvgIpc) is 2.38. The van der Waals surface area contributed by atoms with Gasteiger partial charge in [0.2, 0.25) is 10.0 Å². The van der Waals surface area contributed by atoms with Crippen LogP contribution in [0.4, 0.5) is 0 Å². The van der Waals surface area contributed by atoms with Crippen LogP contribution in [0.15, 0.2) is 23.1 Å². The summed E-state index contributed by atoms with van der Waals surface area (Å²) in [5.41, 5.74) is 0.774. The second-order valence-electron chi connectivity index (χ2n) is 4.75. The number of rotatable bonds is 6. The summed E-state index contributed by atoms with van der Waals surface area (Å²) < 4.78 is 26.5. The van der Waals surface area contributed by atoms with Crippen LogP contribution >= 0.6 is 0 Å². The maximum Gasteiger partial charge on any atom is 0.304 e. The van der Waals surface area contributed by atoms with Crippen LogP contribution in [0.3, 0.4) is 0 Å². The van der Waals surface area contributed by atoms with Gasteiger partial charge in [0.15, 0.2) is 0 Å². The van der Waals surface area contributed by atoms with Crippen LogP contribution in [0.1, 0.15) is 31.4 Å². The smallest absolute Gasteiger partial charge is 0.304 e. The van der Waals surface area contributed by atoms with E-state index in [0.717, 1.165) is 4.31 Å². The lowest BCUT2D eigenvalue weighted by molar-refractivity contribution is -0.137. The molecule has 0 saturated carbocycles. The second kappa shape index (κ2) is 6.70. The van der Waals surface area contributed by atoms with Crippen LogP contribution in [0.5, 0.6) is 0 Å². The maximum absolute atomic E-state index is 12.7. The molecule has 0 heterocycles. The molecule has 0 saturated heterocycles. The number of nitrogens with zero attached hydrogens (tertiary/aromatic N) is 2. The van der Waals surface area contributed by atoms with Crippen LogP contribution in [-0.2, 0) is 14.8 Å². The van der Waals surface area contributed by atoms with Gasteiger partial charge in [-0.3, -0.25) is 4.79 Å². The van der Waals surface area contributed by atoms with Crippen molar-refractivity contribution < 1.29 is 18.3 Å². The van der Waals surface area contributed by atoms with Crippen molar-refractivity contribution in [2.75, 3.05) is 6.54 Å². The van der Waals surface area contributed by atoms with Crippen LogP contribution in [0, 0.1) is 18.3 Å². The molecule has 1 rings (SSSR count). The van der Waals surface area contributed by atoms with Crippen molar-refractivity contribution in [1.82, 2.24) is 4.31 Å². The molecule has 0 bridgehead atoms. The van der Waals surface area contributed by atoms with Gasteiger partial charge < -0.3 is 5.11 Å². The van der Waals surface area contributed by atoms with E-state index in [0.29, 0.717) is 5.56 Å². The Morgan fingerprint density at radius 3 is 2.57 bits per heavy atom. The van der Waals surface area contributed by atoms with E-state index in [1.54, 1.807) is 32.9 Å². The van der Waals surface area contributed by atoms with Gasteiger partial charge >= 0.3 is 5.97 Å². The van der Waals surface area contributed by atoms with E-state index >= 15 is 0 Å². The normalized spacial score (nSPS) is 12.9. The molecule has 6 nitrogen and oxygen atoms in total. The molecule has 21 heavy (non-hydrogen) atoms. The quantitative estimate of drug-likeness (QED) is 0.863. The minimum absolute atomic E-state index is 0.0423. The highest BCUT2D eigenvalue weighted by Gasteiger charge is 2.30. The Bertz CT molecular complexity index is 677. The molecule has 1 aromatic carbocycles. The Morgan fingerprint density at radius 2 is 2.10 bits per heavy atom. The summed E-state index contributed by atoms with van der Waals surface area (Å²) in [5, 5.41) is 17.7. The van der Waals surface area contributed by atoms with Crippen LogP contribution in [0.2, 0.25) is 0 Å². The number of sulfonamides is 1. The average molecular weight is 310 g/mol. The van der Waals surface area contributed by atoms with Crippen molar-refractivity contribution in [2.24, 2.45) is 0 Å². The first-order valence-corrected chi connectivity index (χ1v) is 7.92. The number of carboxylic acid groups (broad SMARTS) is 1. The number of nitriles is 1. The van der Waals surface area contributed by atoms with E-state index in [9.17, 15) is 13.2 Å². The summed E-state index contributed by atoms with van der Waals surface area (Å²) in [4.78, 5) is 10.8. The molecule has 114 valence electrons. The Morgan fingerprint density at radius 1 is 1.48 bits per heavy atom. The lowest BCUT2D eigenvalue weighted by Gasteiger charge is -2.26. The fourth-order valence-electron chi connectivity index (χ4n) is 2.15. The summed E-state index contributed by atoms with van der Waals surface area (Å²) >= 11 is 0. The zero-order valence-electron chi connectivity index (χ0n) is 12.2. The van der Waals surface area contributed by atoms with Crippen LogP contribution in [-0.4, -0.2) is 36.4 Å². The second-order valence-corrected chi connectivity index (χ2v) is 6.61. The highest BCUT2D eigenvalue weighted by molar-refractivity contribution is 7.89. The fraction of sp³-hybridized carbons (Fsp3) is 0.429. The largest absolute Gasteiger partial charge is 0.481 e. The highest BCUT2D eigenvalue weighted by Crippen LogP contribution is 2.23. The Kier molecular flexibility index (Phi) is 5.47. The standard InChI is InChI=1S/C14H18N2O4S/c1-4-16(11(3)7-14(17)18)21(19,20)13-8-12(9-15)6-5-10(13)2/h5-6,8,11H,4,7H2,1-3H3,(H,17,18). The summed E-state index contributed by atoms with van der Waals surface area (Å²) in [7, 11) is -3.84. The Hall–Kier alpha value is -1.91. The topological polar surface area (TPSA) is 98.5 Å². The number of carboxylic acids is 1. The fourth-order valence-corrected chi connectivity index (χ4v) is 4.04. The van der Waals surface area contributed by atoms with Gasteiger partial charge in [-0.1, -0.05) is 13.0 Å². The van der Waals surface area contributed by atoms with Crippen molar-refractivity contribution in [3.63, 3.8) is 0 Å². The molecular weight excluding hydrogens is 292 g/mol.